The predicted molar refractivity (Wildman–Crippen MR) is 94.0 cm³/mol. The van der Waals surface area contributed by atoms with Crippen LogP contribution in [-0.4, -0.2) is 22.9 Å². The van der Waals surface area contributed by atoms with Crippen molar-refractivity contribution in [3.63, 3.8) is 0 Å². The summed E-state index contributed by atoms with van der Waals surface area (Å²) in [7, 11) is -4.10. The van der Waals surface area contributed by atoms with Crippen molar-refractivity contribution in [2.75, 3.05) is 4.72 Å². The lowest BCUT2D eigenvalue weighted by Crippen LogP contribution is -2.16. The van der Waals surface area contributed by atoms with Gasteiger partial charge in [-0.15, -0.1) is 5.10 Å². The summed E-state index contributed by atoms with van der Waals surface area (Å²) >= 11 is 1.22. The van der Waals surface area contributed by atoms with Crippen molar-refractivity contribution in [1.82, 2.24) is 9.59 Å². The number of aryl methyl sites for hydroxylation is 1. The predicted octanol–water partition coefficient (Wildman–Crippen LogP) is 3.22. The van der Waals surface area contributed by atoms with E-state index in [9.17, 15) is 18.5 Å². The molecular weight excluding hydrogens is 364 g/mol. The highest BCUT2D eigenvalue weighted by Gasteiger charge is 2.27. The Morgan fingerprint density at radius 2 is 1.88 bits per heavy atom. The first-order valence-corrected chi connectivity index (χ1v) is 9.35. The Bertz CT molecular complexity index is 1020. The van der Waals surface area contributed by atoms with Gasteiger partial charge in [0.25, 0.3) is 15.7 Å². The van der Waals surface area contributed by atoms with Crippen LogP contribution < -0.4 is 4.72 Å². The quantitative estimate of drug-likeness (QED) is 0.540. The van der Waals surface area contributed by atoms with Crippen LogP contribution in [0.15, 0.2) is 52.7 Å². The van der Waals surface area contributed by atoms with E-state index in [2.05, 4.69) is 14.3 Å². The van der Waals surface area contributed by atoms with Crippen molar-refractivity contribution in [2.24, 2.45) is 0 Å². The van der Waals surface area contributed by atoms with Gasteiger partial charge in [0.15, 0.2) is 4.90 Å². The van der Waals surface area contributed by atoms with Crippen LogP contribution in [-0.2, 0) is 10.0 Å². The summed E-state index contributed by atoms with van der Waals surface area (Å²) in [5, 5.41) is 16.9. The van der Waals surface area contributed by atoms with Crippen molar-refractivity contribution in [3.8, 4) is 11.3 Å². The third-order valence-electron chi connectivity index (χ3n) is 3.45. The van der Waals surface area contributed by atoms with Crippen LogP contribution in [0.25, 0.3) is 11.3 Å². The van der Waals surface area contributed by atoms with Gasteiger partial charge in [-0.1, -0.05) is 28.8 Å². The Morgan fingerprint density at radius 1 is 1.16 bits per heavy atom. The summed E-state index contributed by atoms with van der Waals surface area (Å²) < 4.78 is 31.4. The SMILES string of the molecule is Cc1cccc([N+](=O)[O-])c1S(=O)(=O)Nc1ccc(-c2csnn2)cc1. The molecule has 1 heterocycles. The molecule has 0 saturated carbocycles. The number of benzene rings is 2. The summed E-state index contributed by atoms with van der Waals surface area (Å²) in [4.78, 5) is 10.1. The molecule has 10 heteroatoms. The highest BCUT2D eigenvalue weighted by atomic mass is 32.2. The number of sulfonamides is 1. The summed E-state index contributed by atoms with van der Waals surface area (Å²) in [5.41, 5.74) is 1.61. The fourth-order valence-electron chi connectivity index (χ4n) is 2.34. The minimum absolute atomic E-state index is 0.296. The molecule has 2 aromatic carbocycles. The molecule has 0 atom stereocenters. The first-order valence-electron chi connectivity index (χ1n) is 7.03. The van der Waals surface area contributed by atoms with E-state index in [0.717, 1.165) is 5.56 Å². The van der Waals surface area contributed by atoms with Gasteiger partial charge in [-0.05, 0) is 36.2 Å². The molecule has 3 aromatic rings. The smallest absolute Gasteiger partial charge is 0.279 e. The molecule has 0 unspecified atom stereocenters. The van der Waals surface area contributed by atoms with Crippen LogP contribution in [0.2, 0.25) is 0 Å². The molecule has 0 bridgehead atoms. The lowest BCUT2D eigenvalue weighted by molar-refractivity contribution is -0.387. The average molecular weight is 376 g/mol. The molecule has 3 rings (SSSR count). The van der Waals surface area contributed by atoms with Crippen LogP contribution in [0.3, 0.4) is 0 Å². The van der Waals surface area contributed by atoms with E-state index >= 15 is 0 Å². The van der Waals surface area contributed by atoms with Crippen LogP contribution in [0.5, 0.6) is 0 Å². The summed E-state index contributed by atoms with van der Waals surface area (Å²) in [6.07, 6.45) is 0. The van der Waals surface area contributed by atoms with E-state index in [4.69, 9.17) is 0 Å². The molecule has 0 aliphatic carbocycles. The van der Waals surface area contributed by atoms with Crippen LogP contribution in [0, 0.1) is 17.0 Å². The minimum Gasteiger partial charge on any atom is -0.279 e. The molecule has 1 N–H and O–H groups in total. The molecule has 0 fully saturated rings. The van der Waals surface area contributed by atoms with E-state index in [1.807, 2.05) is 0 Å². The van der Waals surface area contributed by atoms with Gasteiger partial charge in [0.05, 0.1) is 4.92 Å². The number of nitrogens with zero attached hydrogens (tertiary/aromatic N) is 3. The number of hydrogen-bond acceptors (Lipinski definition) is 7. The summed E-state index contributed by atoms with van der Waals surface area (Å²) in [6.45, 7) is 1.51. The van der Waals surface area contributed by atoms with Gasteiger partial charge < -0.3 is 0 Å². The Morgan fingerprint density at radius 3 is 2.48 bits per heavy atom. The number of nitro groups is 1. The summed E-state index contributed by atoms with van der Waals surface area (Å²) in [6, 6.07) is 10.7. The van der Waals surface area contributed by atoms with Gasteiger partial charge >= 0.3 is 0 Å². The van der Waals surface area contributed by atoms with E-state index in [0.29, 0.717) is 16.9 Å². The molecule has 0 saturated heterocycles. The lowest BCUT2D eigenvalue weighted by Gasteiger charge is -2.11. The van der Waals surface area contributed by atoms with Gasteiger partial charge in [0.1, 0.15) is 5.69 Å². The van der Waals surface area contributed by atoms with Crippen LogP contribution >= 0.6 is 11.5 Å². The first kappa shape index (κ1) is 17.0. The van der Waals surface area contributed by atoms with E-state index in [-0.39, 0.29) is 4.90 Å². The Kier molecular flexibility index (Phi) is 4.47. The molecule has 128 valence electrons. The second kappa shape index (κ2) is 6.57. The van der Waals surface area contributed by atoms with Gasteiger partial charge in [-0.3, -0.25) is 14.8 Å². The summed E-state index contributed by atoms with van der Waals surface area (Å²) in [5.74, 6) is 0. The van der Waals surface area contributed by atoms with Gasteiger partial charge in [-0.25, -0.2) is 8.42 Å². The van der Waals surface area contributed by atoms with E-state index in [1.54, 1.807) is 29.6 Å². The molecule has 0 aliphatic rings. The number of hydrogen-bond donors (Lipinski definition) is 1. The number of anilines is 1. The highest BCUT2D eigenvalue weighted by molar-refractivity contribution is 7.93. The topological polar surface area (TPSA) is 115 Å². The second-order valence-electron chi connectivity index (χ2n) is 5.15. The number of nitrogens with one attached hydrogen (secondary N) is 1. The highest BCUT2D eigenvalue weighted by Crippen LogP contribution is 2.29. The number of rotatable bonds is 5. The van der Waals surface area contributed by atoms with Gasteiger partial charge in [-0.2, -0.15) is 0 Å². The fourth-order valence-corrected chi connectivity index (χ4v) is 4.26. The normalized spacial score (nSPS) is 11.2. The van der Waals surface area contributed by atoms with Gasteiger partial charge in [0, 0.05) is 22.7 Å². The Balaban J connectivity index is 1.94. The monoisotopic (exact) mass is 376 g/mol. The molecule has 0 aliphatic heterocycles. The molecule has 25 heavy (non-hydrogen) atoms. The van der Waals surface area contributed by atoms with E-state index in [1.165, 1.54) is 36.7 Å². The standard InChI is InChI=1S/C15H12N4O4S2/c1-10-3-2-4-14(19(20)21)15(10)25(22,23)17-12-7-5-11(6-8-12)13-9-24-18-16-13/h2-9,17H,1H3. The zero-order chi connectivity index (χ0) is 18.0. The third kappa shape index (κ3) is 3.49. The van der Waals surface area contributed by atoms with Crippen molar-refractivity contribution in [3.05, 3.63) is 63.5 Å². The molecule has 0 radical (unpaired) electrons. The second-order valence-corrected chi connectivity index (χ2v) is 7.38. The maximum absolute atomic E-state index is 12.6. The largest absolute Gasteiger partial charge is 0.290 e. The maximum atomic E-state index is 12.6. The molecule has 0 amide bonds. The first-order chi connectivity index (χ1) is 11.9. The molecule has 8 nitrogen and oxygen atoms in total. The number of aromatic nitrogens is 2. The fraction of sp³-hybridized carbons (Fsp3) is 0.0667. The number of nitro benzene ring substituents is 1. The zero-order valence-corrected chi connectivity index (χ0v) is 14.5. The molecule has 1 aromatic heterocycles. The van der Waals surface area contributed by atoms with Gasteiger partial charge in [0.2, 0.25) is 0 Å². The average Bonchev–Trinajstić information content (AvgIpc) is 3.09. The van der Waals surface area contributed by atoms with Crippen molar-refractivity contribution in [1.29, 1.82) is 0 Å². The lowest BCUT2D eigenvalue weighted by atomic mass is 10.2. The van der Waals surface area contributed by atoms with E-state index < -0.39 is 20.6 Å². The Labute approximate surface area is 147 Å². The van der Waals surface area contributed by atoms with Crippen LogP contribution in [0.4, 0.5) is 11.4 Å². The molecule has 0 spiro atoms. The van der Waals surface area contributed by atoms with Crippen molar-refractivity contribution < 1.29 is 13.3 Å². The minimum atomic E-state index is -4.10. The maximum Gasteiger partial charge on any atom is 0.290 e. The third-order valence-corrected chi connectivity index (χ3v) is 5.53. The Hall–Kier alpha value is -2.85. The molecular formula is C15H12N4O4S2. The van der Waals surface area contributed by atoms with Crippen LogP contribution in [0.1, 0.15) is 5.56 Å². The van der Waals surface area contributed by atoms with Crippen molar-refractivity contribution in [2.45, 2.75) is 11.8 Å². The zero-order valence-electron chi connectivity index (χ0n) is 12.9. The van der Waals surface area contributed by atoms with Crippen molar-refractivity contribution >= 4 is 32.9 Å².